The molecule has 0 unspecified atom stereocenters. The van der Waals surface area contributed by atoms with Gasteiger partial charge in [0.2, 0.25) is 0 Å². The van der Waals surface area contributed by atoms with Gasteiger partial charge in [-0.25, -0.2) is 0 Å². The van der Waals surface area contributed by atoms with E-state index in [1.54, 1.807) is 0 Å². The maximum Gasteiger partial charge on any atom is -0.00940 e. The van der Waals surface area contributed by atoms with E-state index in [2.05, 4.69) is 31.0 Å². The van der Waals surface area contributed by atoms with Crippen LogP contribution in [0, 0.1) is 0 Å². The van der Waals surface area contributed by atoms with Gasteiger partial charge < -0.3 is 0 Å². The SMILES string of the molecule is C=C=Cc1ccccc1CC=C. The maximum atomic E-state index is 3.71. The van der Waals surface area contributed by atoms with E-state index in [1.807, 2.05) is 24.3 Å². The fourth-order valence-corrected chi connectivity index (χ4v) is 1.13. The molecule has 60 valence electrons. The van der Waals surface area contributed by atoms with Gasteiger partial charge in [-0.05, 0) is 23.6 Å². The zero-order chi connectivity index (χ0) is 8.81. The van der Waals surface area contributed by atoms with E-state index < -0.39 is 0 Å². The minimum atomic E-state index is 0.897. The van der Waals surface area contributed by atoms with E-state index in [-0.39, 0.29) is 0 Å². The first-order valence-electron chi connectivity index (χ1n) is 3.93. The van der Waals surface area contributed by atoms with Crippen LogP contribution < -0.4 is 0 Å². The van der Waals surface area contributed by atoms with Gasteiger partial charge in [0.05, 0.1) is 0 Å². The average Bonchev–Trinajstić information content (AvgIpc) is 2.09. The highest BCUT2D eigenvalue weighted by molar-refractivity contribution is 5.53. The van der Waals surface area contributed by atoms with Gasteiger partial charge >= 0.3 is 0 Å². The first-order chi connectivity index (χ1) is 5.88. The van der Waals surface area contributed by atoms with E-state index in [1.165, 1.54) is 11.1 Å². The summed E-state index contributed by atoms with van der Waals surface area (Å²) >= 11 is 0. The molecule has 0 aliphatic carbocycles. The van der Waals surface area contributed by atoms with Crippen molar-refractivity contribution in [3.8, 4) is 0 Å². The molecule has 1 aromatic carbocycles. The topological polar surface area (TPSA) is 0 Å². The molecule has 0 amide bonds. The van der Waals surface area contributed by atoms with Crippen molar-refractivity contribution in [1.82, 2.24) is 0 Å². The third-order valence-electron chi connectivity index (χ3n) is 1.68. The molecule has 0 aliphatic rings. The lowest BCUT2D eigenvalue weighted by molar-refractivity contribution is 1.26. The Morgan fingerprint density at radius 3 is 2.75 bits per heavy atom. The van der Waals surface area contributed by atoms with Crippen LogP contribution in [0.5, 0.6) is 0 Å². The predicted octanol–water partition coefficient (Wildman–Crippen LogP) is 3.21. The Balaban J connectivity index is 3.07. The van der Waals surface area contributed by atoms with E-state index in [0.717, 1.165) is 6.42 Å². The van der Waals surface area contributed by atoms with Crippen molar-refractivity contribution < 1.29 is 0 Å². The van der Waals surface area contributed by atoms with Crippen LogP contribution in [0.2, 0.25) is 0 Å². The molecule has 0 aromatic heterocycles. The van der Waals surface area contributed by atoms with Gasteiger partial charge in [-0.15, -0.1) is 12.3 Å². The van der Waals surface area contributed by atoms with Gasteiger partial charge in [-0.1, -0.05) is 36.9 Å². The molecular weight excluding hydrogens is 144 g/mol. The molecule has 0 aliphatic heterocycles. The second-order valence-corrected chi connectivity index (χ2v) is 2.54. The monoisotopic (exact) mass is 156 g/mol. The molecule has 1 rings (SSSR count). The zero-order valence-electron chi connectivity index (χ0n) is 7.09. The lowest BCUT2D eigenvalue weighted by atomic mass is 10.0. The maximum absolute atomic E-state index is 3.71. The van der Waals surface area contributed by atoms with Gasteiger partial charge in [0.25, 0.3) is 0 Å². The van der Waals surface area contributed by atoms with Gasteiger partial charge in [0.1, 0.15) is 0 Å². The second kappa shape index (κ2) is 4.38. The van der Waals surface area contributed by atoms with E-state index in [0.29, 0.717) is 0 Å². The van der Waals surface area contributed by atoms with E-state index in [9.17, 15) is 0 Å². The summed E-state index contributed by atoms with van der Waals surface area (Å²) in [6.45, 7) is 7.26. The van der Waals surface area contributed by atoms with Crippen LogP contribution >= 0.6 is 0 Å². The highest BCUT2D eigenvalue weighted by Crippen LogP contribution is 2.10. The van der Waals surface area contributed by atoms with Crippen LogP contribution in [-0.4, -0.2) is 0 Å². The lowest BCUT2D eigenvalue weighted by Gasteiger charge is -2.00. The molecule has 0 saturated carbocycles. The zero-order valence-corrected chi connectivity index (χ0v) is 7.09. The minimum absolute atomic E-state index is 0.897. The predicted molar refractivity (Wildman–Crippen MR) is 53.9 cm³/mol. The molecule has 1 aromatic rings. The van der Waals surface area contributed by atoms with Gasteiger partial charge in [0.15, 0.2) is 0 Å². The van der Waals surface area contributed by atoms with Crippen molar-refractivity contribution in [3.05, 3.63) is 60.4 Å². The normalized spacial score (nSPS) is 8.67. The summed E-state index contributed by atoms with van der Waals surface area (Å²) in [4.78, 5) is 0. The standard InChI is InChI=1S/C12H12/c1-3-7-11-9-5-6-10-12(11)8-4-2/h3,5-6,8-10H,1-2,7H2. The Labute approximate surface area is 73.6 Å². The third kappa shape index (κ3) is 1.98. The Morgan fingerprint density at radius 1 is 1.33 bits per heavy atom. The van der Waals surface area contributed by atoms with Gasteiger partial charge in [0, 0.05) is 0 Å². The van der Waals surface area contributed by atoms with Crippen molar-refractivity contribution >= 4 is 6.08 Å². The quantitative estimate of drug-likeness (QED) is 0.465. The van der Waals surface area contributed by atoms with Crippen LogP contribution in [-0.2, 0) is 6.42 Å². The Bertz CT molecular complexity index is 315. The molecule has 0 radical (unpaired) electrons. The smallest absolute Gasteiger partial charge is 0.00940 e. The average molecular weight is 156 g/mol. The van der Waals surface area contributed by atoms with Crippen LogP contribution in [0.1, 0.15) is 11.1 Å². The minimum Gasteiger partial charge on any atom is -0.128 e. The molecular formula is C12H12. The molecule has 0 spiro atoms. The molecule has 0 atom stereocenters. The lowest BCUT2D eigenvalue weighted by Crippen LogP contribution is -1.84. The molecule has 0 heterocycles. The summed E-state index contributed by atoms with van der Waals surface area (Å²) in [5.41, 5.74) is 5.21. The first-order valence-corrected chi connectivity index (χ1v) is 3.93. The third-order valence-corrected chi connectivity index (χ3v) is 1.68. The number of allylic oxidation sites excluding steroid dienone is 1. The fraction of sp³-hybridized carbons (Fsp3) is 0.0833. The highest BCUT2D eigenvalue weighted by Gasteiger charge is 1.93. The number of hydrogen-bond acceptors (Lipinski definition) is 0. The molecule has 0 saturated heterocycles. The fourth-order valence-electron chi connectivity index (χ4n) is 1.13. The Hall–Kier alpha value is -1.52. The Morgan fingerprint density at radius 2 is 2.08 bits per heavy atom. The summed E-state index contributed by atoms with van der Waals surface area (Å²) in [6.07, 6.45) is 4.68. The molecule has 0 heteroatoms. The van der Waals surface area contributed by atoms with Crippen molar-refractivity contribution in [2.45, 2.75) is 6.42 Å². The summed E-state index contributed by atoms with van der Waals surface area (Å²) in [5.74, 6) is 0. The van der Waals surface area contributed by atoms with Crippen molar-refractivity contribution in [2.24, 2.45) is 0 Å². The van der Waals surface area contributed by atoms with Gasteiger partial charge in [-0.2, -0.15) is 0 Å². The largest absolute Gasteiger partial charge is 0.128 e. The number of benzene rings is 1. The van der Waals surface area contributed by atoms with Crippen LogP contribution in [0.25, 0.3) is 6.08 Å². The summed E-state index contributed by atoms with van der Waals surface area (Å²) in [5, 5.41) is 0. The van der Waals surface area contributed by atoms with Gasteiger partial charge in [-0.3, -0.25) is 0 Å². The molecule has 0 fully saturated rings. The molecule has 0 bridgehead atoms. The molecule has 0 N–H and O–H groups in total. The summed E-state index contributed by atoms with van der Waals surface area (Å²) in [6, 6.07) is 8.18. The molecule has 12 heavy (non-hydrogen) atoms. The Kier molecular flexibility index (Phi) is 3.13. The summed E-state index contributed by atoms with van der Waals surface area (Å²) < 4.78 is 0. The molecule has 0 nitrogen and oxygen atoms in total. The summed E-state index contributed by atoms with van der Waals surface area (Å²) in [7, 11) is 0. The highest BCUT2D eigenvalue weighted by atomic mass is 14.0. The van der Waals surface area contributed by atoms with Crippen molar-refractivity contribution in [3.63, 3.8) is 0 Å². The van der Waals surface area contributed by atoms with Crippen LogP contribution in [0.3, 0.4) is 0 Å². The number of rotatable bonds is 3. The van der Waals surface area contributed by atoms with E-state index >= 15 is 0 Å². The van der Waals surface area contributed by atoms with Crippen LogP contribution in [0.4, 0.5) is 0 Å². The van der Waals surface area contributed by atoms with E-state index in [4.69, 9.17) is 0 Å². The number of hydrogen-bond donors (Lipinski definition) is 0. The second-order valence-electron chi connectivity index (χ2n) is 2.54. The van der Waals surface area contributed by atoms with Crippen molar-refractivity contribution in [1.29, 1.82) is 0 Å². The first kappa shape index (κ1) is 8.58. The van der Waals surface area contributed by atoms with Crippen LogP contribution in [0.15, 0.2) is 49.2 Å². The van der Waals surface area contributed by atoms with Crippen molar-refractivity contribution in [2.75, 3.05) is 0 Å².